The quantitative estimate of drug-likeness (QED) is 0.454. The number of aromatic nitrogens is 1. The van der Waals surface area contributed by atoms with Gasteiger partial charge in [0.2, 0.25) is 0 Å². The van der Waals surface area contributed by atoms with Crippen molar-refractivity contribution >= 4 is 40.6 Å². The van der Waals surface area contributed by atoms with E-state index >= 15 is 0 Å². The van der Waals surface area contributed by atoms with E-state index in [0.717, 1.165) is 22.6 Å². The van der Waals surface area contributed by atoms with Crippen molar-refractivity contribution in [2.45, 2.75) is 13.8 Å². The zero-order valence-corrected chi connectivity index (χ0v) is 18.5. The van der Waals surface area contributed by atoms with Gasteiger partial charge >= 0.3 is 5.97 Å². The summed E-state index contributed by atoms with van der Waals surface area (Å²) in [5.74, 6) is -0.984. The lowest BCUT2D eigenvalue weighted by atomic mass is 10.2. The molecule has 6 nitrogen and oxygen atoms in total. The fourth-order valence-electron chi connectivity index (χ4n) is 3.48. The number of amides is 1. The molecule has 1 saturated heterocycles. The van der Waals surface area contributed by atoms with Gasteiger partial charge < -0.3 is 14.6 Å². The van der Waals surface area contributed by atoms with Crippen LogP contribution in [0.25, 0.3) is 11.8 Å². The number of hydrogen-bond donors (Lipinski definition) is 1. The summed E-state index contributed by atoms with van der Waals surface area (Å²) in [6.45, 7) is 3.92. The van der Waals surface area contributed by atoms with E-state index < -0.39 is 5.97 Å². The number of thioether (sulfide) groups is 1. The smallest absolute Gasteiger partial charge is 0.337 e. The Kier molecular flexibility index (Phi) is 5.96. The Bertz CT molecular complexity index is 1280. The van der Waals surface area contributed by atoms with Gasteiger partial charge in [-0.25, -0.2) is 14.2 Å². The Labute approximate surface area is 188 Å². The van der Waals surface area contributed by atoms with Crippen LogP contribution in [0.3, 0.4) is 0 Å². The second-order valence-electron chi connectivity index (χ2n) is 7.16. The van der Waals surface area contributed by atoms with E-state index in [-0.39, 0.29) is 11.7 Å². The third-order valence-corrected chi connectivity index (χ3v) is 5.90. The SMILES string of the molecule is COC(=O)c1cccc(-n2c(C)cc(/C=C3/SC(=Nc4ccc(F)cc4)NC3=O)c2C)c1. The molecule has 32 heavy (non-hydrogen) atoms. The molecular formula is C24H20FN3O3S. The van der Waals surface area contributed by atoms with Gasteiger partial charge in [-0.2, -0.15) is 0 Å². The first-order valence-corrected chi connectivity index (χ1v) is 10.6. The molecule has 4 rings (SSSR count). The number of amidine groups is 1. The molecule has 0 atom stereocenters. The average molecular weight is 450 g/mol. The van der Waals surface area contributed by atoms with Crippen molar-refractivity contribution in [1.29, 1.82) is 0 Å². The van der Waals surface area contributed by atoms with Crippen LogP contribution in [0, 0.1) is 19.7 Å². The molecular weight excluding hydrogens is 429 g/mol. The van der Waals surface area contributed by atoms with E-state index in [4.69, 9.17) is 4.74 Å². The number of hydrogen-bond acceptors (Lipinski definition) is 5. The molecule has 0 unspecified atom stereocenters. The van der Waals surface area contributed by atoms with E-state index in [1.165, 1.54) is 31.0 Å². The average Bonchev–Trinajstić information content (AvgIpc) is 3.27. The first kappa shape index (κ1) is 21.6. The maximum absolute atomic E-state index is 13.1. The number of rotatable bonds is 4. The van der Waals surface area contributed by atoms with Crippen molar-refractivity contribution in [1.82, 2.24) is 9.88 Å². The van der Waals surface area contributed by atoms with Gasteiger partial charge in [0.1, 0.15) is 5.82 Å². The number of aliphatic imine (C=N–C) groups is 1. The van der Waals surface area contributed by atoms with E-state index in [2.05, 4.69) is 10.3 Å². The Morgan fingerprint density at radius 2 is 1.91 bits per heavy atom. The van der Waals surface area contributed by atoms with Gasteiger partial charge in [0.25, 0.3) is 5.91 Å². The van der Waals surface area contributed by atoms with Crippen molar-refractivity contribution in [3.05, 3.63) is 87.8 Å². The number of aryl methyl sites for hydroxylation is 1. The maximum atomic E-state index is 13.1. The summed E-state index contributed by atoms with van der Waals surface area (Å²) in [5, 5.41) is 3.18. The van der Waals surface area contributed by atoms with Crippen LogP contribution in [0.15, 0.2) is 64.5 Å². The monoisotopic (exact) mass is 449 g/mol. The van der Waals surface area contributed by atoms with Crippen LogP contribution in [0.4, 0.5) is 10.1 Å². The van der Waals surface area contributed by atoms with Gasteiger partial charge in [0.15, 0.2) is 5.17 Å². The molecule has 8 heteroatoms. The Hall–Kier alpha value is -3.65. The zero-order chi connectivity index (χ0) is 22.8. The number of ether oxygens (including phenoxy) is 1. The molecule has 1 aliphatic heterocycles. The molecule has 1 aliphatic rings. The summed E-state index contributed by atoms with van der Waals surface area (Å²) in [6, 6.07) is 14.9. The zero-order valence-electron chi connectivity index (χ0n) is 17.7. The molecule has 1 N–H and O–H groups in total. The van der Waals surface area contributed by atoms with Gasteiger partial charge in [-0.3, -0.25) is 4.79 Å². The fraction of sp³-hybridized carbons (Fsp3) is 0.125. The molecule has 0 aliphatic carbocycles. The van der Waals surface area contributed by atoms with Crippen LogP contribution in [0.5, 0.6) is 0 Å². The predicted octanol–water partition coefficient (Wildman–Crippen LogP) is 4.91. The molecule has 0 radical (unpaired) electrons. The summed E-state index contributed by atoms with van der Waals surface area (Å²) in [5.41, 5.74) is 4.61. The van der Waals surface area contributed by atoms with Gasteiger partial charge in [0, 0.05) is 17.1 Å². The Balaban J connectivity index is 1.64. The second kappa shape index (κ2) is 8.84. The normalized spacial score (nSPS) is 15.9. The minimum absolute atomic E-state index is 0.242. The minimum atomic E-state index is -0.399. The number of carbonyl (C=O) groups is 2. The van der Waals surface area contributed by atoms with Crippen molar-refractivity contribution in [3.63, 3.8) is 0 Å². The van der Waals surface area contributed by atoms with Crippen LogP contribution in [-0.4, -0.2) is 28.7 Å². The summed E-state index contributed by atoms with van der Waals surface area (Å²) in [7, 11) is 1.35. The van der Waals surface area contributed by atoms with Gasteiger partial charge in [0.05, 0.1) is 23.3 Å². The fourth-order valence-corrected chi connectivity index (χ4v) is 4.31. The van der Waals surface area contributed by atoms with Crippen LogP contribution in [0.1, 0.15) is 27.3 Å². The first-order valence-electron chi connectivity index (χ1n) is 9.78. The van der Waals surface area contributed by atoms with Crippen molar-refractivity contribution in [3.8, 4) is 5.69 Å². The predicted molar refractivity (Wildman–Crippen MR) is 124 cm³/mol. The molecule has 2 aromatic carbocycles. The van der Waals surface area contributed by atoms with E-state index in [0.29, 0.717) is 21.3 Å². The van der Waals surface area contributed by atoms with Crippen LogP contribution >= 0.6 is 11.8 Å². The minimum Gasteiger partial charge on any atom is -0.465 e. The second-order valence-corrected chi connectivity index (χ2v) is 8.19. The van der Waals surface area contributed by atoms with Gasteiger partial charge in [-0.1, -0.05) is 6.07 Å². The lowest BCUT2D eigenvalue weighted by Gasteiger charge is -2.11. The molecule has 0 bridgehead atoms. The number of benzene rings is 2. The van der Waals surface area contributed by atoms with Crippen LogP contribution in [-0.2, 0) is 9.53 Å². The number of carbonyl (C=O) groups excluding carboxylic acids is 2. The third-order valence-electron chi connectivity index (χ3n) is 4.99. The van der Waals surface area contributed by atoms with Gasteiger partial charge in [-0.15, -0.1) is 0 Å². The molecule has 1 amide bonds. The topological polar surface area (TPSA) is 72.7 Å². The Morgan fingerprint density at radius 1 is 1.16 bits per heavy atom. The highest BCUT2D eigenvalue weighted by Gasteiger charge is 2.24. The largest absolute Gasteiger partial charge is 0.465 e. The number of nitrogens with one attached hydrogen (secondary N) is 1. The Morgan fingerprint density at radius 3 is 2.62 bits per heavy atom. The standard InChI is InChI=1S/C24H20FN3O3S/c1-14-11-17(15(2)28(14)20-6-4-5-16(12-20)23(30)31-3)13-21-22(29)27-24(32-21)26-19-9-7-18(25)8-10-19/h4-13H,1-3H3,(H,26,27,29)/b21-13+. The highest BCUT2D eigenvalue weighted by molar-refractivity contribution is 8.18. The molecule has 0 saturated carbocycles. The number of halogens is 1. The van der Waals surface area contributed by atoms with Gasteiger partial charge in [-0.05, 0) is 85.8 Å². The van der Waals surface area contributed by atoms with E-state index in [9.17, 15) is 14.0 Å². The molecule has 1 fully saturated rings. The third kappa shape index (κ3) is 4.36. The van der Waals surface area contributed by atoms with Crippen molar-refractivity contribution < 1.29 is 18.7 Å². The number of esters is 1. The molecule has 162 valence electrons. The van der Waals surface area contributed by atoms with Crippen molar-refractivity contribution in [2.75, 3.05) is 7.11 Å². The summed E-state index contributed by atoms with van der Waals surface area (Å²) >= 11 is 1.23. The van der Waals surface area contributed by atoms with E-state index in [1.807, 2.05) is 36.6 Å². The summed E-state index contributed by atoms with van der Waals surface area (Å²) in [4.78, 5) is 29.2. The first-order chi connectivity index (χ1) is 15.4. The highest BCUT2D eigenvalue weighted by Crippen LogP contribution is 2.30. The molecule has 1 aromatic heterocycles. The van der Waals surface area contributed by atoms with E-state index in [1.54, 1.807) is 30.3 Å². The van der Waals surface area contributed by atoms with Crippen molar-refractivity contribution in [2.24, 2.45) is 4.99 Å². The lowest BCUT2D eigenvalue weighted by molar-refractivity contribution is -0.115. The summed E-state index contributed by atoms with van der Waals surface area (Å²) in [6.07, 6.45) is 1.82. The number of nitrogens with zero attached hydrogens (tertiary/aromatic N) is 2. The number of methoxy groups -OCH3 is 1. The van der Waals surface area contributed by atoms with Crippen LogP contribution < -0.4 is 5.32 Å². The highest BCUT2D eigenvalue weighted by atomic mass is 32.2. The summed E-state index contributed by atoms with van der Waals surface area (Å²) < 4.78 is 19.9. The molecule has 2 heterocycles. The van der Waals surface area contributed by atoms with Crippen LogP contribution in [0.2, 0.25) is 0 Å². The maximum Gasteiger partial charge on any atom is 0.337 e. The molecule has 3 aromatic rings. The lowest BCUT2D eigenvalue weighted by Crippen LogP contribution is -2.19. The molecule has 0 spiro atoms.